The molecule has 1 saturated heterocycles. The van der Waals surface area contributed by atoms with E-state index in [1.54, 1.807) is 16.4 Å². The monoisotopic (exact) mass is 429 g/mol. The molecule has 1 aliphatic heterocycles. The van der Waals surface area contributed by atoms with Crippen LogP contribution in [-0.4, -0.2) is 62.8 Å². The standard InChI is InChI=1S/C23H31N3O3S/c1-17-5-7-21(8-6-17)30(28,29)26-13-11-25(12-14-26)10-9-24-23(27)22-19(3)15-18(2)16-20(22)4/h5-8,15-16H,9-14H2,1-4H3,(H,24,27). The number of rotatable bonds is 6. The van der Waals surface area contributed by atoms with Gasteiger partial charge in [0.15, 0.2) is 0 Å². The van der Waals surface area contributed by atoms with Gasteiger partial charge in [0, 0.05) is 44.8 Å². The number of carbonyl (C=O) groups is 1. The summed E-state index contributed by atoms with van der Waals surface area (Å²) < 4.78 is 27.2. The molecule has 6 nitrogen and oxygen atoms in total. The minimum Gasteiger partial charge on any atom is -0.351 e. The van der Waals surface area contributed by atoms with Crippen LogP contribution in [-0.2, 0) is 10.0 Å². The number of hydrogen-bond donors (Lipinski definition) is 1. The molecule has 0 saturated carbocycles. The van der Waals surface area contributed by atoms with Gasteiger partial charge >= 0.3 is 0 Å². The quantitative estimate of drug-likeness (QED) is 0.767. The van der Waals surface area contributed by atoms with Gasteiger partial charge in [-0.1, -0.05) is 35.4 Å². The lowest BCUT2D eigenvalue weighted by Gasteiger charge is -2.34. The molecule has 30 heavy (non-hydrogen) atoms. The maximum Gasteiger partial charge on any atom is 0.251 e. The second kappa shape index (κ2) is 9.29. The van der Waals surface area contributed by atoms with Crippen LogP contribution in [0.15, 0.2) is 41.3 Å². The van der Waals surface area contributed by atoms with Crippen LogP contribution in [0.4, 0.5) is 0 Å². The summed E-state index contributed by atoms with van der Waals surface area (Å²) >= 11 is 0. The maximum atomic E-state index is 12.8. The molecule has 2 aromatic rings. The molecule has 7 heteroatoms. The van der Waals surface area contributed by atoms with E-state index in [1.807, 2.05) is 52.0 Å². The second-order valence-electron chi connectivity index (χ2n) is 8.09. The summed E-state index contributed by atoms with van der Waals surface area (Å²) in [5.41, 5.74) is 4.91. The van der Waals surface area contributed by atoms with Crippen molar-refractivity contribution < 1.29 is 13.2 Å². The number of benzene rings is 2. The molecule has 0 radical (unpaired) electrons. The first-order valence-electron chi connectivity index (χ1n) is 10.3. The third kappa shape index (κ3) is 5.09. The van der Waals surface area contributed by atoms with Crippen molar-refractivity contribution in [3.63, 3.8) is 0 Å². The molecule has 0 aromatic heterocycles. The lowest BCUT2D eigenvalue weighted by Crippen LogP contribution is -2.50. The first-order valence-corrected chi connectivity index (χ1v) is 11.8. The first-order chi connectivity index (χ1) is 14.2. The van der Waals surface area contributed by atoms with Crippen molar-refractivity contribution in [1.29, 1.82) is 0 Å². The van der Waals surface area contributed by atoms with E-state index in [0.717, 1.165) is 27.8 Å². The van der Waals surface area contributed by atoms with Crippen molar-refractivity contribution >= 4 is 15.9 Å². The first kappa shape index (κ1) is 22.5. The van der Waals surface area contributed by atoms with Crippen LogP contribution < -0.4 is 5.32 Å². The van der Waals surface area contributed by atoms with Crippen molar-refractivity contribution in [2.24, 2.45) is 0 Å². The highest BCUT2D eigenvalue weighted by Crippen LogP contribution is 2.18. The van der Waals surface area contributed by atoms with Crippen molar-refractivity contribution in [2.75, 3.05) is 39.3 Å². The SMILES string of the molecule is Cc1ccc(S(=O)(=O)N2CCN(CCNC(=O)c3c(C)cc(C)cc3C)CC2)cc1. The smallest absolute Gasteiger partial charge is 0.251 e. The van der Waals surface area contributed by atoms with Crippen molar-refractivity contribution in [1.82, 2.24) is 14.5 Å². The van der Waals surface area contributed by atoms with E-state index < -0.39 is 10.0 Å². The van der Waals surface area contributed by atoms with E-state index in [1.165, 1.54) is 0 Å². The number of aryl methyl sites for hydroxylation is 4. The summed E-state index contributed by atoms with van der Waals surface area (Å²) in [5.74, 6) is -0.0504. The van der Waals surface area contributed by atoms with Gasteiger partial charge in [0.05, 0.1) is 4.90 Å². The van der Waals surface area contributed by atoms with E-state index in [0.29, 0.717) is 44.2 Å². The molecule has 162 valence electrons. The van der Waals surface area contributed by atoms with Crippen LogP contribution in [0.1, 0.15) is 32.6 Å². The van der Waals surface area contributed by atoms with Crippen LogP contribution in [0.2, 0.25) is 0 Å². The molecule has 1 amide bonds. The number of hydrogen-bond acceptors (Lipinski definition) is 4. The van der Waals surface area contributed by atoms with Crippen molar-refractivity contribution in [3.8, 4) is 0 Å². The summed E-state index contributed by atoms with van der Waals surface area (Å²) in [6.45, 7) is 11.4. The molecule has 3 rings (SSSR count). The van der Waals surface area contributed by atoms with E-state index in [9.17, 15) is 13.2 Å². The molecule has 2 aromatic carbocycles. The zero-order chi connectivity index (χ0) is 21.9. The highest BCUT2D eigenvalue weighted by molar-refractivity contribution is 7.89. The molecule has 0 atom stereocenters. The molecule has 1 heterocycles. The summed E-state index contributed by atoms with van der Waals surface area (Å²) in [4.78, 5) is 15.1. The number of nitrogens with zero attached hydrogens (tertiary/aromatic N) is 2. The predicted octanol–water partition coefficient (Wildman–Crippen LogP) is 2.66. The van der Waals surface area contributed by atoms with Gasteiger partial charge < -0.3 is 5.32 Å². The van der Waals surface area contributed by atoms with Crippen LogP contribution in [0, 0.1) is 27.7 Å². The Morgan fingerprint density at radius 1 is 0.900 bits per heavy atom. The Balaban J connectivity index is 1.50. The molecular formula is C23H31N3O3S. The van der Waals surface area contributed by atoms with Crippen molar-refractivity contribution in [2.45, 2.75) is 32.6 Å². The van der Waals surface area contributed by atoms with E-state index in [-0.39, 0.29) is 5.91 Å². The van der Waals surface area contributed by atoms with E-state index in [4.69, 9.17) is 0 Å². The Morgan fingerprint density at radius 2 is 1.47 bits per heavy atom. The van der Waals surface area contributed by atoms with E-state index >= 15 is 0 Å². The molecule has 0 unspecified atom stereocenters. The Morgan fingerprint density at radius 3 is 2.03 bits per heavy atom. The third-order valence-corrected chi connectivity index (χ3v) is 7.52. The molecule has 0 aliphatic carbocycles. The number of piperazine rings is 1. The second-order valence-corrected chi connectivity index (χ2v) is 10.0. The summed E-state index contributed by atoms with van der Waals surface area (Å²) in [7, 11) is -3.45. The van der Waals surface area contributed by atoms with Gasteiger partial charge in [0.1, 0.15) is 0 Å². The van der Waals surface area contributed by atoms with Crippen LogP contribution in [0.5, 0.6) is 0 Å². The number of carbonyl (C=O) groups excluding carboxylic acids is 1. The largest absolute Gasteiger partial charge is 0.351 e. The Bertz CT molecular complexity index is 985. The minimum atomic E-state index is -3.45. The molecule has 0 spiro atoms. The highest BCUT2D eigenvalue weighted by Gasteiger charge is 2.28. The average Bonchev–Trinajstić information content (AvgIpc) is 2.68. The van der Waals surface area contributed by atoms with Gasteiger partial charge in [0.25, 0.3) is 5.91 Å². The minimum absolute atomic E-state index is 0.0504. The fraction of sp³-hybridized carbons (Fsp3) is 0.435. The average molecular weight is 430 g/mol. The zero-order valence-electron chi connectivity index (χ0n) is 18.2. The summed E-state index contributed by atoms with van der Waals surface area (Å²) in [5, 5.41) is 3.01. The van der Waals surface area contributed by atoms with Crippen molar-refractivity contribution in [3.05, 3.63) is 64.2 Å². The topological polar surface area (TPSA) is 69.7 Å². The fourth-order valence-corrected chi connectivity index (χ4v) is 5.43. The summed E-state index contributed by atoms with van der Waals surface area (Å²) in [6.07, 6.45) is 0. The fourth-order valence-electron chi connectivity index (χ4n) is 4.01. The number of sulfonamides is 1. The van der Waals surface area contributed by atoms with Gasteiger partial charge in [-0.3, -0.25) is 9.69 Å². The van der Waals surface area contributed by atoms with Crippen LogP contribution >= 0.6 is 0 Å². The molecule has 0 bridgehead atoms. The maximum absolute atomic E-state index is 12.8. The van der Waals surface area contributed by atoms with Gasteiger partial charge in [-0.2, -0.15) is 4.31 Å². The van der Waals surface area contributed by atoms with Gasteiger partial charge in [-0.05, 0) is 51.0 Å². The van der Waals surface area contributed by atoms with Crippen LogP contribution in [0.3, 0.4) is 0 Å². The highest BCUT2D eigenvalue weighted by atomic mass is 32.2. The number of amides is 1. The summed E-state index contributed by atoms with van der Waals surface area (Å²) in [6, 6.07) is 11.0. The van der Waals surface area contributed by atoms with E-state index in [2.05, 4.69) is 10.2 Å². The molecule has 1 N–H and O–H groups in total. The lowest BCUT2D eigenvalue weighted by molar-refractivity contribution is 0.0944. The lowest BCUT2D eigenvalue weighted by atomic mass is 9.99. The predicted molar refractivity (Wildman–Crippen MR) is 119 cm³/mol. The Hall–Kier alpha value is -2.22. The van der Waals surface area contributed by atoms with Gasteiger partial charge in [-0.15, -0.1) is 0 Å². The zero-order valence-corrected chi connectivity index (χ0v) is 19.1. The van der Waals surface area contributed by atoms with Crippen LogP contribution in [0.25, 0.3) is 0 Å². The molecule has 1 fully saturated rings. The number of nitrogens with one attached hydrogen (secondary N) is 1. The van der Waals surface area contributed by atoms with Gasteiger partial charge in [0.2, 0.25) is 10.0 Å². The Labute approximate surface area is 179 Å². The van der Waals surface area contributed by atoms with Gasteiger partial charge in [-0.25, -0.2) is 8.42 Å². The normalized spacial score (nSPS) is 15.9. The molecular weight excluding hydrogens is 398 g/mol. The third-order valence-electron chi connectivity index (χ3n) is 5.61. The Kier molecular flexibility index (Phi) is 6.95. The molecule has 1 aliphatic rings.